The summed E-state index contributed by atoms with van der Waals surface area (Å²) in [7, 11) is 2.07. The number of rotatable bonds is 3. The van der Waals surface area contributed by atoms with Crippen LogP contribution in [0.5, 0.6) is 0 Å². The molecule has 0 atom stereocenters. The number of pyridine rings is 1. The summed E-state index contributed by atoms with van der Waals surface area (Å²) in [5.41, 5.74) is 9.96. The van der Waals surface area contributed by atoms with E-state index in [4.69, 9.17) is 10.7 Å². The number of aryl methyl sites for hydroxylation is 1. The normalized spacial score (nSPS) is 10.8. The fourth-order valence-electron chi connectivity index (χ4n) is 2.57. The summed E-state index contributed by atoms with van der Waals surface area (Å²) < 4.78 is 0. The molecule has 0 aliphatic heterocycles. The van der Waals surface area contributed by atoms with E-state index in [1.807, 2.05) is 24.3 Å². The third-order valence-electron chi connectivity index (χ3n) is 3.65. The number of nitrogens with zero attached hydrogens (tertiary/aromatic N) is 2. The van der Waals surface area contributed by atoms with Crippen molar-refractivity contribution in [1.82, 2.24) is 4.98 Å². The number of para-hydroxylation sites is 1. The Morgan fingerprint density at radius 2 is 1.76 bits per heavy atom. The van der Waals surface area contributed by atoms with Gasteiger partial charge in [-0.1, -0.05) is 30.3 Å². The van der Waals surface area contributed by atoms with E-state index < -0.39 is 0 Å². The van der Waals surface area contributed by atoms with Gasteiger partial charge in [0.2, 0.25) is 0 Å². The maximum atomic E-state index is 5.73. The van der Waals surface area contributed by atoms with E-state index in [1.165, 1.54) is 16.5 Å². The van der Waals surface area contributed by atoms with Crippen LogP contribution in [0.2, 0.25) is 0 Å². The maximum Gasteiger partial charge on any atom is 0.132 e. The Morgan fingerprint density at radius 3 is 2.52 bits per heavy atom. The van der Waals surface area contributed by atoms with E-state index in [-0.39, 0.29) is 0 Å². The fourth-order valence-corrected chi connectivity index (χ4v) is 2.57. The number of aromatic nitrogens is 1. The largest absolute Gasteiger partial charge is 0.399 e. The molecule has 0 saturated heterocycles. The topological polar surface area (TPSA) is 42.2 Å². The van der Waals surface area contributed by atoms with Crippen molar-refractivity contribution in [2.24, 2.45) is 0 Å². The van der Waals surface area contributed by atoms with Gasteiger partial charge in [0.05, 0.1) is 5.52 Å². The highest BCUT2D eigenvalue weighted by molar-refractivity contribution is 5.81. The molecule has 0 aliphatic rings. The molecule has 21 heavy (non-hydrogen) atoms. The molecule has 0 amide bonds. The van der Waals surface area contributed by atoms with Crippen molar-refractivity contribution >= 4 is 22.4 Å². The summed E-state index contributed by atoms with van der Waals surface area (Å²) in [6, 6.07) is 18.4. The van der Waals surface area contributed by atoms with E-state index in [1.54, 1.807) is 0 Å². The van der Waals surface area contributed by atoms with Crippen molar-refractivity contribution in [1.29, 1.82) is 0 Å². The summed E-state index contributed by atoms with van der Waals surface area (Å²) in [5.74, 6) is 1.02. The van der Waals surface area contributed by atoms with Crippen molar-refractivity contribution < 1.29 is 0 Å². The van der Waals surface area contributed by atoms with Crippen molar-refractivity contribution in [3.63, 3.8) is 0 Å². The number of fused-ring (bicyclic) bond motifs is 1. The summed E-state index contributed by atoms with van der Waals surface area (Å²) in [6.07, 6.45) is 0. The Balaban J connectivity index is 1.91. The van der Waals surface area contributed by atoms with Gasteiger partial charge in [-0.15, -0.1) is 0 Å². The van der Waals surface area contributed by atoms with Crippen LogP contribution in [0, 0.1) is 6.92 Å². The molecular formula is C18H19N3. The molecule has 106 valence electrons. The Bertz CT molecular complexity index is 763. The minimum Gasteiger partial charge on any atom is -0.399 e. The number of benzene rings is 2. The zero-order valence-corrected chi connectivity index (χ0v) is 12.4. The van der Waals surface area contributed by atoms with Gasteiger partial charge in [0.25, 0.3) is 0 Å². The molecule has 0 aliphatic carbocycles. The number of anilines is 2. The second kappa shape index (κ2) is 5.44. The molecule has 0 saturated carbocycles. The summed E-state index contributed by atoms with van der Waals surface area (Å²) in [4.78, 5) is 6.96. The van der Waals surface area contributed by atoms with Crippen LogP contribution in [0.3, 0.4) is 0 Å². The predicted octanol–water partition coefficient (Wildman–Crippen LogP) is 3.76. The van der Waals surface area contributed by atoms with Gasteiger partial charge >= 0.3 is 0 Å². The molecule has 3 heteroatoms. The fraction of sp³-hybridized carbons (Fsp3) is 0.167. The maximum absolute atomic E-state index is 5.73. The lowest BCUT2D eigenvalue weighted by Crippen LogP contribution is -2.18. The lowest BCUT2D eigenvalue weighted by atomic mass is 10.1. The highest BCUT2D eigenvalue weighted by Crippen LogP contribution is 2.23. The van der Waals surface area contributed by atoms with Crippen molar-refractivity contribution in [2.45, 2.75) is 13.5 Å². The number of hydrogen-bond donors (Lipinski definition) is 1. The van der Waals surface area contributed by atoms with Gasteiger partial charge in [-0.25, -0.2) is 4.98 Å². The number of nitrogen functional groups attached to an aromatic ring is 1. The van der Waals surface area contributed by atoms with E-state index in [2.05, 4.69) is 49.2 Å². The van der Waals surface area contributed by atoms with Crippen LogP contribution < -0.4 is 10.6 Å². The average molecular weight is 277 g/mol. The van der Waals surface area contributed by atoms with E-state index >= 15 is 0 Å². The van der Waals surface area contributed by atoms with Gasteiger partial charge < -0.3 is 10.6 Å². The van der Waals surface area contributed by atoms with Gasteiger partial charge in [0, 0.05) is 24.7 Å². The van der Waals surface area contributed by atoms with E-state index in [0.29, 0.717) is 0 Å². The molecule has 0 unspecified atom stereocenters. The van der Waals surface area contributed by atoms with Crippen molar-refractivity contribution in [2.75, 3.05) is 17.7 Å². The average Bonchev–Trinajstić information content (AvgIpc) is 2.49. The van der Waals surface area contributed by atoms with Crippen molar-refractivity contribution in [3.8, 4) is 0 Å². The smallest absolute Gasteiger partial charge is 0.132 e. The van der Waals surface area contributed by atoms with Gasteiger partial charge in [-0.2, -0.15) is 0 Å². The third-order valence-corrected chi connectivity index (χ3v) is 3.65. The first kappa shape index (κ1) is 13.4. The molecule has 0 bridgehead atoms. The summed E-state index contributed by atoms with van der Waals surface area (Å²) in [5, 5.41) is 1.18. The minimum atomic E-state index is 0.793. The van der Waals surface area contributed by atoms with Crippen LogP contribution in [-0.2, 0) is 6.54 Å². The van der Waals surface area contributed by atoms with Crippen LogP contribution in [0.15, 0.2) is 54.6 Å². The zero-order valence-electron chi connectivity index (χ0n) is 12.4. The molecule has 3 rings (SSSR count). The van der Waals surface area contributed by atoms with Gasteiger partial charge in [-0.3, -0.25) is 0 Å². The second-order valence-electron chi connectivity index (χ2n) is 5.42. The molecule has 3 nitrogen and oxygen atoms in total. The molecule has 0 fully saturated rings. The predicted molar refractivity (Wildman–Crippen MR) is 89.4 cm³/mol. The molecule has 2 aromatic carbocycles. The number of hydrogen-bond acceptors (Lipinski definition) is 3. The first-order chi connectivity index (χ1) is 10.1. The molecule has 2 N–H and O–H groups in total. The van der Waals surface area contributed by atoms with E-state index in [0.717, 1.165) is 23.6 Å². The van der Waals surface area contributed by atoms with Crippen molar-refractivity contribution in [3.05, 3.63) is 65.7 Å². The highest BCUT2D eigenvalue weighted by Gasteiger charge is 2.08. The van der Waals surface area contributed by atoms with Crippen LogP contribution in [-0.4, -0.2) is 12.0 Å². The molecule has 0 radical (unpaired) electrons. The number of nitrogens with two attached hydrogens (primary N) is 1. The molecule has 3 aromatic rings. The minimum absolute atomic E-state index is 0.793. The van der Waals surface area contributed by atoms with E-state index in [9.17, 15) is 0 Å². The standard InChI is InChI=1S/C18H19N3/c1-13-11-15-5-3-4-6-17(15)20-18(13)21(2)12-14-7-9-16(19)10-8-14/h3-11H,12,19H2,1-2H3. The van der Waals surface area contributed by atoms with Gasteiger partial charge in [0.1, 0.15) is 5.82 Å². The first-order valence-electron chi connectivity index (χ1n) is 7.05. The SMILES string of the molecule is Cc1cc2ccccc2nc1N(C)Cc1ccc(N)cc1. The Labute approximate surface area is 125 Å². The Kier molecular flexibility index (Phi) is 3.48. The van der Waals surface area contributed by atoms with Gasteiger partial charge in [0.15, 0.2) is 0 Å². The zero-order chi connectivity index (χ0) is 14.8. The lowest BCUT2D eigenvalue weighted by Gasteiger charge is -2.21. The Morgan fingerprint density at radius 1 is 1.05 bits per heavy atom. The lowest BCUT2D eigenvalue weighted by molar-refractivity contribution is 0.896. The van der Waals surface area contributed by atoms with Crippen LogP contribution in [0.1, 0.15) is 11.1 Å². The van der Waals surface area contributed by atoms with Gasteiger partial charge in [-0.05, 0) is 42.3 Å². The molecule has 1 heterocycles. The first-order valence-corrected chi connectivity index (χ1v) is 7.05. The molecular weight excluding hydrogens is 258 g/mol. The quantitative estimate of drug-likeness (QED) is 0.741. The highest BCUT2D eigenvalue weighted by atomic mass is 15.2. The second-order valence-corrected chi connectivity index (χ2v) is 5.42. The van der Waals surface area contributed by atoms with Crippen LogP contribution >= 0.6 is 0 Å². The Hall–Kier alpha value is -2.55. The third kappa shape index (κ3) is 2.82. The summed E-state index contributed by atoms with van der Waals surface area (Å²) in [6.45, 7) is 2.92. The molecule has 0 spiro atoms. The monoisotopic (exact) mass is 277 g/mol. The summed E-state index contributed by atoms with van der Waals surface area (Å²) >= 11 is 0. The van der Waals surface area contributed by atoms with Crippen LogP contribution in [0.4, 0.5) is 11.5 Å². The van der Waals surface area contributed by atoms with Crippen LogP contribution in [0.25, 0.3) is 10.9 Å². The molecule has 1 aromatic heterocycles.